The number of fused-ring (bicyclic) bond motifs is 1. The van der Waals surface area contributed by atoms with Crippen molar-refractivity contribution in [2.75, 3.05) is 0 Å². The molecule has 0 saturated heterocycles. The number of nitrogens with zero attached hydrogens (tertiary/aromatic N) is 1. The topological polar surface area (TPSA) is 12.9 Å². The van der Waals surface area contributed by atoms with Crippen molar-refractivity contribution in [3.8, 4) is 11.1 Å². The molecule has 0 amide bonds. The zero-order chi connectivity index (χ0) is 12.5. The molecule has 0 bridgehead atoms. The van der Waals surface area contributed by atoms with Crippen LogP contribution in [-0.4, -0.2) is 4.98 Å². The van der Waals surface area contributed by atoms with Crippen LogP contribution in [0.1, 0.15) is 0 Å². The van der Waals surface area contributed by atoms with Crippen LogP contribution < -0.4 is 0 Å². The van der Waals surface area contributed by atoms with Gasteiger partial charge < -0.3 is 0 Å². The Morgan fingerprint density at radius 3 is 2.50 bits per heavy atom. The maximum atomic E-state index is 6.24. The highest BCUT2D eigenvalue weighted by atomic mass is 35.5. The fraction of sp³-hybridized carbons (Fsp3) is 0. The Labute approximate surface area is 115 Å². The zero-order valence-electron chi connectivity index (χ0n) is 9.40. The zero-order valence-corrected chi connectivity index (χ0v) is 10.9. The smallest absolute Gasteiger partial charge is 0.0723 e. The summed E-state index contributed by atoms with van der Waals surface area (Å²) in [6.45, 7) is 0. The van der Waals surface area contributed by atoms with E-state index >= 15 is 0 Å². The lowest BCUT2D eigenvalue weighted by atomic mass is 10.0. The van der Waals surface area contributed by atoms with Crippen LogP contribution in [0.2, 0.25) is 10.0 Å². The van der Waals surface area contributed by atoms with Gasteiger partial charge in [-0.2, -0.15) is 0 Å². The molecule has 3 rings (SSSR count). The van der Waals surface area contributed by atoms with Gasteiger partial charge in [-0.25, -0.2) is 0 Å². The highest BCUT2D eigenvalue weighted by Gasteiger charge is 2.07. The van der Waals surface area contributed by atoms with Crippen LogP contribution in [-0.2, 0) is 0 Å². The second-order valence-electron chi connectivity index (χ2n) is 4.00. The summed E-state index contributed by atoms with van der Waals surface area (Å²) in [6.07, 6.45) is 1.78. The minimum atomic E-state index is 0.686. The van der Waals surface area contributed by atoms with Gasteiger partial charge in [-0.3, -0.25) is 4.98 Å². The summed E-state index contributed by atoms with van der Waals surface area (Å²) in [5.41, 5.74) is 2.95. The molecule has 0 spiro atoms. The van der Waals surface area contributed by atoms with Gasteiger partial charge in [-0.1, -0.05) is 47.5 Å². The number of pyridine rings is 1. The van der Waals surface area contributed by atoms with Crippen LogP contribution in [0.5, 0.6) is 0 Å². The van der Waals surface area contributed by atoms with E-state index in [1.807, 2.05) is 48.5 Å². The summed E-state index contributed by atoms with van der Waals surface area (Å²) >= 11 is 12.2. The van der Waals surface area contributed by atoms with E-state index in [1.165, 1.54) is 0 Å². The van der Waals surface area contributed by atoms with Crippen LogP contribution in [0.3, 0.4) is 0 Å². The maximum Gasteiger partial charge on any atom is 0.0723 e. The lowest BCUT2D eigenvalue weighted by Gasteiger charge is -2.08. The lowest BCUT2D eigenvalue weighted by molar-refractivity contribution is 1.41. The van der Waals surface area contributed by atoms with Crippen molar-refractivity contribution >= 4 is 34.1 Å². The van der Waals surface area contributed by atoms with Gasteiger partial charge in [0.25, 0.3) is 0 Å². The van der Waals surface area contributed by atoms with Crippen molar-refractivity contribution in [1.82, 2.24) is 4.98 Å². The van der Waals surface area contributed by atoms with E-state index in [1.54, 1.807) is 6.20 Å². The average Bonchev–Trinajstić information content (AvgIpc) is 2.38. The van der Waals surface area contributed by atoms with Crippen molar-refractivity contribution in [2.45, 2.75) is 0 Å². The van der Waals surface area contributed by atoms with Gasteiger partial charge in [0, 0.05) is 27.2 Å². The summed E-state index contributed by atoms with van der Waals surface area (Å²) in [6, 6.07) is 15.5. The molecular formula is C15H9Cl2N. The third kappa shape index (κ3) is 1.96. The van der Waals surface area contributed by atoms with Crippen LogP contribution in [0.4, 0.5) is 0 Å². The Balaban J connectivity index is 2.33. The SMILES string of the molecule is Clc1ccc2c(-c3ccccc3Cl)ccnc2c1. The second-order valence-corrected chi connectivity index (χ2v) is 4.84. The fourth-order valence-electron chi connectivity index (χ4n) is 2.04. The molecule has 0 N–H and O–H groups in total. The van der Waals surface area contributed by atoms with Crippen molar-refractivity contribution in [1.29, 1.82) is 0 Å². The van der Waals surface area contributed by atoms with Gasteiger partial charge in [-0.15, -0.1) is 0 Å². The van der Waals surface area contributed by atoms with E-state index in [2.05, 4.69) is 4.98 Å². The predicted octanol–water partition coefficient (Wildman–Crippen LogP) is 5.21. The Kier molecular flexibility index (Phi) is 2.94. The molecule has 0 aliphatic carbocycles. The first kappa shape index (κ1) is 11.5. The minimum Gasteiger partial charge on any atom is -0.256 e. The van der Waals surface area contributed by atoms with Gasteiger partial charge in [0.05, 0.1) is 5.52 Å². The van der Waals surface area contributed by atoms with Gasteiger partial charge in [0.2, 0.25) is 0 Å². The van der Waals surface area contributed by atoms with E-state index in [0.717, 1.165) is 27.1 Å². The molecule has 2 aromatic carbocycles. The second kappa shape index (κ2) is 4.60. The van der Waals surface area contributed by atoms with E-state index in [9.17, 15) is 0 Å². The molecule has 0 atom stereocenters. The molecule has 1 heterocycles. The summed E-state index contributed by atoms with van der Waals surface area (Å²) in [4.78, 5) is 4.33. The molecular weight excluding hydrogens is 265 g/mol. The largest absolute Gasteiger partial charge is 0.256 e. The summed E-state index contributed by atoms with van der Waals surface area (Å²) < 4.78 is 0. The highest BCUT2D eigenvalue weighted by molar-refractivity contribution is 6.34. The number of hydrogen-bond donors (Lipinski definition) is 0. The predicted molar refractivity (Wildman–Crippen MR) is 77.2 cm³/mol. The molecule has 3 aromatic rings. The first-order valence-electron chi connectivity index (χ1n) is 5.55. The third-order valence-electron chi connectivity index (χ3n) is 2.87. The van der Waals surface area contributed by atoms with Crippen LogP contribution in [0.15, 0.2) is 54.7 Å². The molecule has 0 saturated carbocycles. The van der Waals surface area contributed by atoms with E-state index in [-0.39, 0.29) is 0 Å². The monoisotopic (exact) mass is 273 g/mol. The van der Waals surface area contributed by atoms with Crippen LogP contribution >= 0.6 is 23.2 Å². The molecule has 0 radical (unpaired) electrons. The molecule has 3 heteroatoms. The summed E-state index contributed by atoms with van der Waals surface area (Å²) in [7, 11) is 0. The van der Waals surface area contributed by atoms with Gasteiger partial charge in [-0.05, 0) is 29.8 Å². The van der Waals surface area contributed by atoms with Gasteiger partial charge >= 0.3 is 0 Å². The van der Waals surface area contributed by atoms with E-state index < -0.39 is 0 Å². The number of halogens is 2. The molecule has 88 valence electrons. The van der Waals surface area contributed by atoms with Gasteiger partial charge in [0.1, 0.15) is 0 Å². The number of benzene rings is 2. The van der Waals surface area contributed by atoms with E-state index in [0.29, 0.717) is 5.02 Å². The quantitative estimate of drug-likeness (QED) is 0.593. The standard InChI is InChI=1S/C15H9Cl2N/c16-10-5-6-13-11(7-8-18-15(13)9-10)12-3-1-2-4-14(12)17/h1-9H. The first-order valence-corrected chi connectivity index (χ1v) is 6.30. The van der Waals surface area contributed by atoms with E-state index in [4.69, 9.17) is 23.2 Å². The number of aromatic nitrogens is 1. The molecule has 0 unspecified atom stereocenters. The molecule has 1 nitrogen and oxygen atoms in total. The van der Waals surface area contributed by atoms with Crippen LogP contribution in [0.25, 0.3) is 22.0 Å². The summed E-state index contributed by atoms with van der Waals surface area (Å²) in [5.74, 6) is 0. The Morgan fingerprint density at radius 2 is 1.67 bits per heavy atom. The molecule has 18 heavy (non-hydrogen) atoms. The van der Waals surface area contributed by atoms with Crippen molar-refractivity contribution < 1.29 is 0 Å². The van der Waals surface area contributed by atoms with Crippen molar-refractivity contribution in [3.05, 3.63) is 64.8 Å². The Bertz CT molecular complexity index is 723. The molecule has 0 aliphatic rings. The minimum absolute atomic E-state index is 0.686. The lowest BCUT2D eigenvalue weighted by Crippen LogP contribution is -1.85. The average molecular weight is 274 g/mol. The van der Waals surface area contributed by atoms with Crippen molar-refractivity contribution in [3.63, 3.8) is 0 Å². The highest BCUT2D eigenvalue weighted by Crippen LogP contribution is 2.33. The molecule has 0 aliphatic heterocycles. The Hall–Kier alpha value is -1.57. The fourth-order valence-corrected chi connectivity index (χ4v) is 2.44. The first-order chi connectivity index (χ1) is 8.75. The van der Waals surface area contributed by atoms with Crippen molar-refractivity contribution in [2.24, 2.45) is 0 Å². The van der Waals surface area contributed by atoms with Gasteiger partial charge in [0.15, 0.2) is 0 Å². The normalized spacial score (nSPS) is 10.8. The number of rotatable bonds is 1. The maximum absolute atomic E-state index is 6.24. The Morgan fingerprint density at radius 1 is 0.833 bits per heavy atom. The third-order valence-corrected chi connectivity index (χ3v) is 3.43. The summed E-state index contributed by atoms with van der Waals surface area (Å²) in [5, 5.41) is 2.47. The van der Waals surface area contributed by atoms with Crippen LogP contribution in [0, 0.1) is 0 Å². The number of hydrogen-bond acceptors (Lipinski definition) is 1. The molecule has 1 aromatic heterocycles. The molecule has 0 fully saturated rings.